The first-order chi connectivity index (χ1) is 16.9. The minimum absolute atomic E-state index is 0.0878. The number of carbonyl (C=O) groups excluding carboxylic acids is 1. The third-order valence-corrected chi connectivity index (χ3v) is 6.81. The Balaban J connectivity index is 1.37. The number of nitrogens with zero attached hydrogens (tertiary/aromatic N) is 3. The first kappa shape index (κ1) is 23.2. The summed E-state index contributed by atoms with van der Waals surface area (Å²) in [5, 5.41) is 3.80. The van der Waals surface area contributed by atoms with Crippen molar-refractivity contribution in [1.82, 2.24) is 9.97 Å². The number of alkyl halides is 3. The van der Waals surface area contributed by atoms with Crippen molar-refractivity contribution in [3.8, 4) is 0 Å². The number of rotatable bonds is 5. The molecule has 0 spiro atoms. The van der Waals surface area contributed by atoms with Crippen LogP contribution in [0.2, 0.25) is 0 Å². The molecule has 0 saturated heterocycles. The smallest absolute Gasteiger partial charge is 0.336 e. The number of carbonyl (C=O) groups is 1. The van der Waals surface area contributed by atoms with E-state index in [1.165, 1.54) is 41.1 Å². The van der Waals surface area contributed by atoms with Gasteiger partial charge in [0.15, 0.2) is 0 Å². The average molecular weight is 495 g/mol. The summed E-state index contributed by atoms with van der Waals surface area (Å²) in [4.78, 5) is 24.2. The maximum Gasteiger partial charge on any atom is 0.418 e. The second-order valence-electron chi connectivity index (χ2n) is 8.17. The third kappa shape index (κ3) is 5.09. The van der Waals surface area contributed by atoms with Crippen molar-refractivity contribution in [2.75, 3.05) is 22.5 Å². The van der Waals surface area contributed by atoms with Crippen LogP contribution < -0.4 is 10.2 Å². The predicted octanol–water partition coefficient (Wildman–Crippen LogP) is 5.94. The molecule has 1 aliphatic rings. The highest BCUT2D eigenvalue weighted by atomic mass is 32.2. The highest BCUT2D eigenvalue weighted by Gasteiger charge is 2.33. The molecule has 0 aliphatic carbocycles. The van der Waals surface area contributed by atoms with Crippen LogP contribution in [-0.4, -0.2) is 28.2 Å². The average Bonchev–Trinajstić information content (AvgIpc) is 2.86. The van der Waals surface area contributed by atoms with E-state index in [4.69, 9.17) is 9.97 Å². The molecular formula is C26H21F3N4OS. The first-order valence-electron chi connectivity index (χ1n) is 11.1. The van der Waals surface area contributed by atoms with Crippen LogP contribution in [0.5, 0.6) is 0 Å². The summed E-state index contributed by atoms with van der Waals surface area (Å²) < 4.78 is 39.8. The molecule has 1 aromatic heterocycles. The normalized spacial score (nSPS) is 13.5. The number of para-hydroxylation sites is 2. The van der Waals surface area contributed by atoms with E-state index in [9.17, 15) is 18.0 Å². The van der Waals surface area contributed by atoms with Crippen molar-refractivity contribution in [3.05, 3.63) is 89.5 Å². The van der Waals surface area contributed by atoms with E-state index in [2.05, 4.69) is 22.3 Å². The summed E-state index contributed by atoms with van der Waals surface area (Å²) in [7, 11) is 0. The summed E-state index contributed by atoms with van der Waals surface area (Å²) >= 11 is 1.18. The molecule has 0 fully saturated rings. The predicted molar refractivity (Wildman–Crippen MR) is 132 cm³/mol. The second kappa shape index (κ2) is 9.58. The highest BCUT2D eigenvalue weighted by molar-refractivity contribution is 8.00. The van der Waals surface area contributed by atoms with E-state index in [0.717, 1.165) is 29.9 Å². The van der Waals surface area contributed by atoms with Gasteiger partial charge in [-0.2, -0.15) is 13.2 Å². The van der Waals surface area contributed by atoms with Gasteiger partial charge in [-0.3, -0.25) is 4.79 Å². The van der Waals surface area contributed by atoms with Gasteiger partial charge in [0.1, 0.15) is 5.03 Å². The second-order valence-corrected chi connectivity index (χ2v) is 9.13. The molecule has 0 radical (unpaired) electrons. The lowest BCUT2D eigenvalue weighted by Gasteiger charge is -2.29. The van der Waals surface area contributed by atoms with Gasteiger partial charge in [0.2, 0.25) is 11.9 Å². The fourth-order valence-corrected chi connectivity index (χ4v) is 4.93. The fourth-order valence-electron chi connectivity index (χ4n) is 4.11. The molecule has 0 saturated carbocycles. The molecule has 1 aliphatic heterocycles. The summed E-state index contributed by atoms with van der Waals surface area (Å²) in [5.74, 6) is -0.0541. The summed E-state index contributed by atoms with van der Waals surface area (Å²) in [5.41, 5.74) is 2.16. The molecular weight excluding hydrogens is 473 g/mol. The van der Waals surface area contributed by atoms with Gasteiger partial charge in [-0.1, -0.05) is 66.4 Å². The number of hydrogen-bond acceptors (Lipinski definition) is 5. The lowest BCUT2D eigenvalue weighted by Crippen LogP contribution is -2.31. The zero-order chi connectivity index (χ0) is 24.4. The Hall–Kier alpha value is -3.59. The number of benzene rings is 3. The fraction of sp³-hybridized carbons (Fsp3) is 0.192. The Kier molecular flexibility index (Phi) is 6.34. The van der Waals surface area contributed by atoms with Crippen LogP contribution in [0.15, 0.2) is 77.8 Å². The first-order valence-corrected chi connectivity index (χ1v) is 12.0. The van der Waals surface area contributed by atoms with E-state index in [1.54, 1.807) is 0 Å². The van der Waals surface area contributed by atoms with Gasteiger partial charge in [-0.25, -0.2) is 9.97 Å². The largest absolute Gasteiger partial charge is 0.418 e. The lowest BCUT2D eigenvalue weighted by atomic mass is 10.0. The lowest BCUT2D eigenvalue weighted by molar-refractivity contribution is -0.137. The van der Waals surface area contributed by atoms with Gasteiger partial charge in [-0.15, -0.1) is 0 Å². The van der Waals surface area contributed by atoms with Crippen LogP contribution in [0.25, 0.3) is 10.9 Å². The van der Waals surface area contributed by atoms with Crippen molar-refractivity contribution in [2.24, 2.45) is 0 Å². The number of hydrogen-bond donors (Lipinski definition) is 1. The number of aromatic nitrogens is 2. The van der Waals surface area contributed by atoms with Gasteiger partial charge in [0.05, 0.1) is 22.5 Å². The molecule has 9 heteroatoms. The zero-order valence-corrected chi connectivity index (χ0v) is 19.4. The monoisotopic (exact) mass is 494 g/mol. The number of halogens is 3. The molecule has 4 aromatic rings. The van der Waals surface area contributed by atoms with Crippen molar-refractivity contribution in [3.63, 3.8) is 0 Å². The molecule has 0 atom stereocenters. The number of amides is 1. The molecule has 35 heavy (non-hydrogen) atoms. The van der Waals surface area contributed by atoms with Gasteiger partial charge >= 0.3 is 6.18 Å². The standard InChI is InChI=1S/C26H21F3N4OS/c27-26(28,29)20-10-4-6-12-22(20)30-23(34)16-35-24-19-9-3-5-11-21(19)31-25(32-24)33-14-13-17-7-1-2-8-18(17)15-33/h1-12H,13-16H2,(H,30,34). The topological polar surface area (TPSA) is 58.1 Å². The molecule has 5 nitrogen and oxygen atoms in total. The Bertz CT molecular complexity index is 1390. The Morgan fingerprint density at radius 3 is 2.49 bits per heavy atom. The third-order valence-electron chi connectivity index (χ3n) is 5.82. The summed E-state index contributed by atoms with van der Waals surface area (Å²) in [6.07, 6.45) is -3.67. The summed E-state index contributed by atoms with van der Waals surface area (Å²) in [6.45, 7) is 1.46. The number of anilines is 2. The minimum Gasteiger partial charge on any atom is -0.336 e. The minimum atomic E-state index is -4.55. The van der Waals surface area contributed by atoms with Crippen LogP contribution in [0.1, 0.15) is 16.7 Å². The van der Waals surface area contributed by atoms with Crippen LogP contribution in [0.3, 0.4) is 0 Å². The molecule has 1 N–H and O–H groups in total. The number of thioether (sulfide) groups is 1. The Labute approximate surface area is 204 Å². The van der Waals surface area contributed by atoms with Gasteiger partial charge in [0.25, 0.3) is 0 Å². The quantitative estimate of drug-likeness (QED) is 0.275. The van der Waals surface area contributed by atoms with Crippen LogP contribution >= 0.6 is 11.8 Å². The molecule has 178 valence electrons. The molecule has 0 bridgehead atoms. The Morgan fingerprint density at radius 2 is 1.66 bits per heavy atom. The van der Waals surface area contributed by atoms with Gasteiger partial charge < -0.3 is 10.2 Å². The molecule has 1 amide bonds. The van der Waals surface area contributed by atoms with E-state index >= 15 is 0 Å². The molecule has 3 aromatic carbocycles. The van der Waals surface area contributed by atoms with E-state index in [-0.39, 0.29) is 11.4 Å². The van der Waals surface area contributed by atoms with Crippen molar-refractivity contribution in [2.45, 2.75) is 24.2 Å². The molecule has 0 unspecified atom stereocenters. The van der Waals surface area contributed by atoms with Crippen molar-refractivity contribution >= 4 is 40.2 Å². The van der Waals surface area contributed by atoms with Gasteiger partial charge in [0, 0.05) is 18.5 Å². The van der Waals surface area contributed by atoms with E-state index < -0.39 is 17.6 Å². The molecule has 5 rings (SSSR count). The van der Waals surface area contributed by atoms with E-state index in [1.807, 2.05) is 36.4 Å². The number of nitrogens with one attached hydrogen (secondary N) is 1. The van der Waals surface area contributed by atoms with Crippen LogP contribution in [0, 0.1) is 0 Å². The Morgan fingerprint density at radius 1 is 0.943 bits per heavy atom. The summed E-state index contributed by atoms with van der Waals surface area (Å²) in [6, 6.07) is 20.7. The van der Waals surface area contributed by atoms with Crippen molar-refractivity contribution in [1.29, 1.82) is 0 Å². The van der Waals surface area contributed by atoms with Crippen molar-refractivity contribution < 1.29 is 18.0 Å². The highest BCUT2D eigenvalue weighted by Crippen LogP contribution is 2.35. The molecule has 2 heterocycles. The SMILES string of the molecule is O=C(CSc1nc(N2CCc3ccccc3C2)nc2ccccc12)Nc1ccccc1C(F)(F)F. The maximum atomic E-state index is 13.3. The maximum absolute atomic E-state index is 13.3. The van der Waals surface area contributed by atoms with E-state index in [0.29, 0.717) is 17.5 Å². The zero-order valence-electron chi connectivity index (χ0n) is 18.5. The van der Waals surface area contributed by atoms with Crippen LogP contribution in [0.4, 0.5) is 24.8 Å². The van der Waals surface area contributed by atoms with Gasteiger partial charge in [-0.05, 0) is 35.7 Å². The number of fused-ring (bicyclic) bond motifs is 2. The van der Waals surface area contributed by atoms with Crippen LogP contribution in [-0.2, 0) is 23.9 Å².